The predicted octanol–water partition coefficient (Wildman–Crippen LogP) is 3.91. The minimum Gasteiger partial charge on any atom is -0.440 e. The molecule has 24 heavy (non-hydrogen) atoms. The standard InChI is InChI=1S/C18H17N3O2S/c22-18(13-6-3-9-19-17(13)24)21-10-4-5-12(11-21)16-20-14-7-1-2-8-15(14)23-16/h1-3,6-9,12H,4-5,10-11H2,(H,19,24)/t12-/m0/s1. The van der Waals surface area contributed by atoms with E-state index in [1.54, 1.807) is 18.3 Å². The Hall–Kier alpha value is -2.47. The van der Waals surface area contributed by atoms with Gasteiger partial charge in [-0.1, -0.05) is 24.4 Å². The molecule has 3 heterocycles. The molecule has 0 saturated carbocycles. The van der Waals surface area contributed by atoms with Crippen molar-refractivity contribution in [2.45, 2.75) is 18.8 Å². The van der Waals surface area contributed by atoms with Gasteiger partial charge in [-0.2, -0.15) is 0 Å². The van der Waals surface area contributed by atoms with E-state index in [9.17, 15) is 4.79 Å². The number of aromatic amines is 1. The molecule has 1 aliphatic heterocycles. The summed E-state index contributed by atoms with van der Waals surface area (Å²) in [7, 11) is 0. The molecule has 1 fully saturated rings. The minimum atomic E-state index is -0.0299. The zero-order chi connectivity index (χ0) is 16.5. The topological polar surface area (TPSA) is 62.1 Å². The van der Waals surface area contributed by atoms with Crippen LogP contribution in [-0.2, 0) is 0 Å². The van der Waals surface area contributed by atoms with Crippen LogP contribution < -0.4 is 0 Å². The second-order valence-corrected chi connectivity index (χ2v) is 6.43. The summed E-state index contributed by atoms with van der Waals surface area (Å²) in [5.41, 5.74) is 2.20. The molecule has 1 amide bonds. The Labute approximate surface area is 144 Å². The lowest BCUT2D eigenvalue weighted by molar-refractivity contribution is 0.0698. The third kappa shape index (κ3) is 2.73. The Kier molecular flexibility index (Phi) is 3.90. The van der Waals surface area contributed by atoms with E-state index in [0.717, 1.165) is 30.5 Å². The van der Waals surface area contributed by atoms with Gasteiger partial charge in [-0.25, -0.2) is 4.98 Å². The van der Waals surface area contributed by atoms with Crippen molar-refractivity contribution in [3.63, 3.8) is 0 Å². The van der Waals surface area contributed by atoms with Crippen LogP contribution in [0.4, 0.5) is 0 Å². The van der Waals surface area contributed by atoms with Crippen molar-refractivity contribution in [2.75, 3.05) is 13.1 Å². The molecule has 1 saturated heterocycles. The van der Waals surface area contributed by atoms with Crippen LogP contribution in [0.1, 0.15) is 35.0 Å². The molecule has 3 aromatic rings. The molecule has 0 aliphatic carbocycles. The van der Waals surface area contributed by atoms with E-state index in [1.165, 1.54) is 0 Å². The maximum absolute atomic E-state index is 12.8. The monoisotopic (exact) mass is 339 g/mol. The van der Waals surface area contributed by atoms with Gasteiger partial charge in [0.25, 0.3) is 5.91 Å². The summed E-state index contributed by atoms with van der Waals surface area (Å²) < 4.78 is 6.37. The van der Waals surface area contributed by atoms with E-state index in [2.05, 4.69) is 9.97 Å². The van der Waals surface area contributed by atoms with Gasteiger partial charge in [0.2, 0.25) is 0 Å². The number of H-pyrrole nitrogens is 1. The number of para-hydroxylation sites is 2. The van der Waals surface area contributed by atoms with Crippen LogP contribution in [0.25, 0.3) is 11.1 Å². The van der Waals surface area contributed by atoms with E-state index < -0.39 is 0 Å². The molecule has 1 N–H and O–H groups in total. The highest BCUT2D eigenvalue weighted by atomic mass is 32.1. The van der Waals surface area contributed by atoms with E-state index in [-0.39, 0.29) is 11.8 Å². The fraction of sp³-hybridized carbons (Fsp3) is 0.278. The number of likely N-dealkylation sites (tertiary alicyclic amines) is 1. The van der Waals surface area contributed by atoms with Gasteiger partial charge in [0.15, 0.2) is 11.5 Å². The van der Waals surface area contributed by atoms with Gasteiger partial charge >= 0.3 is 0 Å². The van der Waals surface area contributed by atoms with Crippen LogP contribution >= 0.6 is 12.2 Å². The van der Waals surface area contributed by atoms with Crippen molar-refractivity contribution in [1.29, 1.82) is 0 Å². The lowest BCUT2D eigenvalue weighted by Gasteiger charge is -2.31. The maximum Gasteiger partial charge on any atom is 0.256 e. The zero-order valence-corrected chi connectivity index (χ0v) is 13.9. The number of rotatable bonds is 2. The minimum absolute atomic E-state index is 0.0299. The van der Waals surface area contributed by atoms with Crippen LogP contribution in [0.15, 0.2) is 47.0 Å². The van der Waals surface area contributed by atoms with E-state index in [1.807, 2.05) is 29.2 Å². The molecule has 4 rings (SSSR count). The molecule has 1 atom stereocenters. The van der Waals surface area contributed by atoms with Gasteiger partial charge in [0.05, 0.1) is 11.5 Å². The highest BCUT2D eigenvalue weighted by molar-refractivity contribution is 7.71. The highest BCUT2D eigenvalue weighted by Gasteiger charge is 2.29. The number of nitrogens with zero attached hydrogens (tertiary/aromatic N) is 2. The predicted molar refractivity (Wildman–Crippen MR) is 93.5 cm³/mol. The van der Waals surface area contributed by atoms with Gasteiger partial charge in [0, 0.05) is 19.3 Å². The Morgan fingerprint density at radius 2 is 2.17 bits per heavy atom. The Morgan fingerprint density at radius 1 is 1.29 bits per heavy atom. The van der Waals surface area contributed by atoms with Gasteiger partial charge in [0.1, 0.15) is 10.2 Å². The Bertz CT molecular complexity index is 913. The molecule has 0 unspecified atom stereocenters. The van der Waals surface area contributed by atoms with Crippen LogP contribution in [0.5, 0.6) is 0 Å². The molecular formula is C18H17N3O2S. The number of carbonyl (C=O) groups excluding carboxylic acids is 1. The number of carbonyl (C=O) groups is 1. The number of oxazole rings is 1. The first-order valence-electron chi connectivity index (χ1n) is 8.05. The van der Waals surface area contributed by atoms with Crippen molar-refractivity contribution in [3.05, 3.63) is 58.7 Å². The summed E-state index contributed by atoms with van der Waals surface area (Å²) >= 11 is 5.23. The summed E-state index contributed by atoms with van der Waals surface area (Å²) in [6, 6.07) is 11.3. The summed E-state index contributed by atoms with van der Waals surface area (Å²) in [6.45, 7) is 1.34. The second kappa shape index (κ2) is 6.20. The van der Waals surface area contributed by atoms with Gasteiger partial charge < -0.3 is 14.3 Å². The number of nitrogens with one attached hydrogen (secondary N) is 1. The summed E-state index contributed by atoms with van der Waals surface area (Å²) in [5.74, 6) is 0.806. The fourth-order valence-electron chi connectivity index (χ4n) is 3.19. The summed E-state index contributed by atoms with van der Waals surface area (Å²) in [4.78, 5) is 22.1. The second-order valence-electron chi connectivity index (χ2n) is 6.02. The van der Waals surface area contributed by atoms with Crippen LogP contribution in [0, 0.1) is 4.64 Å². The van der Waals surface area contributed by atoms with Crippen molar-refractivity contribution in [3.8, 4) is 0 Å². The van der Waals surface area contributed by atoms with Crippen molar-refractivity contribution >= 4 is 29.2 Å². The first-order valence-corrected chi connectivity index (χ1v) is 8.45. The number of pyridine rings is 1. The Balaban J connectivity index is 1.58. The number of hydrogen-bond acceptors (Lipinski definition) is 4. The average Bonchev–Trinajstić information content (AvgIpc) is 3.06. The van der Waals surface area contributed by atoms with E-state index >= 15 is 0 Å². The summed E-state index contributed by atoms with van der Waals surface area (Å²) in [6.07, 6.45) is 3.63. The van der Waals surface area contributed by atoms with Crippen LogP contribution in [0.3, 0.4) is 0 Å². The molecular weight excluding hydrogens is 322 g/mol. The first-order chi connectivity index (χ1) is 11.7. The molecule has 0 bridgehead atoms. The highest BCUT2D eigenvalue weighted by Crippen LogP contribution is 2.29. The molecule has 5 nitrogen and oxygen atoms in total. The molecule has 6 heteroatoms. The quantitative estimate of drug-likeness (QED) is 0.719. The molecule has 122 valence electrons. The number of benzene rings is 1. The largest absolute Gasteiger partial charge is 0.440 e. The zero-order valence-electron chi connectivity index (χ0n) is 13.1. The normalized spacial score (nSPS) is 18.0. The van der Waals surface area contributed by atoms with Gasteiger partial charge in [-0.3, -0.25) is 4.79 Å². The fourth-order valence-corrected chi connectivity index (χ4v) is 3.41. The molecule has 1 aromatic carbocycles. The SMILES string of the molecule is O=C(c1ccc[nH]c1=S)N1CCC[C@H](c2nc3ccccc3o2)C1. The van der Waals surface area contributed by atoms with Crippen molar-refractivity contribution in [1.82, 2.24) is 14.9 Å². The number of hydrogen-bond donors (Lipinski definition) is 1. The summed E-state index contributed by atoms with van der Waals surface area (Å²) in [5, 5.41) is 0. The Morgan fingerprint density at radius 3 is 3.00 bits per heavy atom. The van der Waals surface area contributed by atoms with Gasteiger partial charge in [-0.05, 0) is 37.1 Å². The lowest BCUT2D eigenvalue weighted by Crippen LogP contribution is -2.39. The molecule has 1 aliphatic rings. The molecule has 0 spiro atoms. The lowest BCUT2D eigenvalue weighted by atomic mass is 9.97. The van der Waals surface area contributed by atoms with Gasteiger partial charge in [-0.15, -0.1) is 0 Å². The number of amides is 1. The van der Waals surface area contributed by atoms with E-state index in [4.69, 9.17) is 16.6 Å². The number of piperidine rings is 1. The number of fused-ring (bicyclic) bond motifs is 1. The smallest absolute Gasteiger partial charge is 0.256 e. The first kappa shape index (κ1) is 15.1. The van der Waals surface area contributed by atoms with E-state index in [0.29, 0.717) is 22.6 Å². The van der Waals surface area contributed by atoms with Crippen LogP contribution in [0.2, 0.25) is 0 Å². The number of aromatic nitrogens is 2. The van der Waals surface area contributed by atoms with Crippen LogP contribution in [-0.4, -0.2) is 33.9 Å². The third-order valence-electron chi connectivity index (χ3n) is 4.42. The maximum atomic E-state index is 12.8. The molecule has 2 aromatic heterocycles. The average molecular weight is 339 g/mol. The van der Waals surface area contributed by atoms with Crippen molar-refractivity contribution in [2.24, 2.45) is 0 Å². The third-order valence-corrected chi connectivity index (χ3v) is 4.75. The van der Waals surface area contributed by atoms with Crippen molar-refractivity contribution < 1.29 is 9.21 Å². The molecule has 0 radical (unpaired) electrons.